The number of amides is 1. The Morgan fingerprint density at radius 3 is 2.86 bits per heavy atom. The molecule has 0 bridgehead atoms. The fourth-order valence-electron chi connectivity index (χ4n) is 2.75. The number of aliphatic imine (C=N–C) groups is 1. The molecule has 1 aliphatic heterocycles. The van der Waals surface area contributed by atoms with Crippen molar-refractivity contribution in [3.63, 3.8) is 0 Å². The first-order valence-electron chi connectivity index (χ1n) is 7.01. The number of carbonyl (C=O) groups is 1. The Morgan fingerprint density at radius 2 is 2.27 bits per heavy atom. The molecule has 0 unspecified atom stereocenters. The van der Waals surface area contributed by atoms with Gasteiger partial charge in [0.25, 0.3) is 0 Å². The molecule has 0 radical (unpaired) electrons. The number of thiocarbonyl (C=S) groups is 1. The van der Waals surface area contributed by atoms with E-state index in [1.54, 1.807) is 6.07 Å². The number of piperazine rings is 1. The van der Waals surface area contributed by atoms with Crippen LogP contribution in [-0.2, 0) is 6.54 Å². The maximum atomic E-state index is 11.1. The molecule has 1 aromatic carbocycles. The summed E-state index contributed by atoms with van der Waals surface area (Å²) in [4.78, 5) is 18.9. The monoisotopic (exact) mass is 339 g/mol. The largest absolute Gasteiger partial charge is 0.465 e. The number of benzene rings is 1. The van der Waals surface area contributed by atoms with E-state index in [0.29, 0.717) is 31.2 Å². The van der Waals surface area contributed by atoms with Gasteiger partial charge in [-0.2, -0.15) is 4.99 Å². The van der Waals surface area contributed by atoms with E-state index < -0.39 is 6.09 Å². The highest BCUT2D eigenvalue weighted by molar-refractivity contribution is 7.78. The first-order chi connectivity index (χ1) is 10.4. The summed E-state index contributed by atoms with van der Waals surface area (Å²) in [5, 5.41) is 12.1. The average Bonchev–Trinajstić information content (AvgIpc) is 2.44. The molecule has 0 saturated carbocycles. The zero-order valence-corrected chi connectivity index (χ0v) is 14.1. The van der Waals surface area contributed by atoms with Crippen molar-refractivity contribution in [2.75, 3.05) is 19.6 Å². The van der Waals surface area contributed by atoms with E-state index in [0.717, 1.165) is 16.8 Å². The molecule has 22 heavy (non-hydrogen) atoms. The predicted molar refractivity (Wildman–Crippen MR) is 90.3 cm³/mol. The SMILES string of the molecule is Cc1c(CN2CCN(C(=O)O)[C@@H](C)C2)cc(Cl)cc1N=C=S. The summed E-state index contributed by atoms with van der Waals surface area (Å²) in [6, 6.07) is 3.67. The highest BCUT2D eigenvalue weighted by atomic mass is 35.5. The van der Waals surface area contributed by atoms with E-state index in [2.05, 4.69) is 27.3 Å². The van der Waals surface area contributed by atoms with E-state index >= 15 is 0 Å². The zero-order chi connectivity index (χ0) is 16.3. The summed E-state index contributed by atoms with van der Waals surface area (Å²) < 4.78 is 0. The number of isothiocyanates is 1. The Balaban J connectivity index is 2.15. The van der Waals surface area contributed by atoms with Crippen LogP contribution in [0.5, 0.6) is 0 Å². The van der Waals surface area contributed by atoms with Gasteiger partial charge in [0.1, 0.15) is 0 Å². The van der Waals surface area contributed by atoms with Gasteiger partial charge in [-0.05, 0) is 49.3 Å². The molecule has 0 aromatic heterocycles. The quantitative estimate of drug-likeness (QED) is 0.675. The van der Waals surface area contributed by atoms with Crippen LogP contribution in [0.4, 0.5) is 10.5 Å². The molecule has 1 aromatic rings. The van der Waals surface area contributed by atoms with E-state index in [-0.39, 0.29) is 6.04 Å². The lowest BCUT2D eigenvalue weighted by Gasteiger charge is -2.38. The lowest BCUT2D eigenvalue weighted by molar-refractivity contribution is 0.0710. The van der Waals surface area contributed by atoms with Crippen LogP contribution in [0.2, 0.25) is 5.02 Å². The summed E-state index contributed by atoms with van der Waals surface area (Å²) in [5.41, 5.74) is 2.83. The molecule has 1 aliphatic rings. The molecule has 2 rings (SSSR count). The van der Waals surface area contributed by atoms with Crippen LogP contribution in [0.3, 0.4) is 0 Å². The van der Waals surface area contributed by atoms with Crippen LogP contribution >= 0.6 is 23.8 Å². The number of rotatable bonds is 3. The molecule has 0 aliphatic carbocycles. The van der Waals surface area contributed by atoms with E-state index in [1.807, 2.05) is 19.9 Å². The molecule has 1 N–H and O–H groups in total. The van der Waals surface area contributed by atoms with Crippen molar-refractivity contribution in [3.8, 4) is 0 Å². The Morgan fingerprint density at radius 1 is 1.55 bits per heavy atom. The molecular formula is C15H18ClN3O2S. The topological polar surface area (TPSA) is 56.1 Å². The smallest absolute Gasteiger partial charge is 0.407 e. The number of hydrogen-bond donors (Lipinski definition) is 1. The van der Waals surface area contributed by atoms with Gasteiger partial charge >= 0.3 is 6.09 Å². The molecule has 1 saturated heterocycles. The first kappa shape index (κ1) is 16.9. The highest BCUT2D eigenvalue weighted by Gasteiger charge is 2.27. The van der Waals surface area contributed by atoms with Crippen LogP contribution in [0.25, 0.3) is 0 Å². The number of carboxylic acid groups (broad SMARTS) is 1. The van der Waals surface area contributed by atoms with E-state index in [9.17, 15) is 4.79 Å². The van der Waals surface area contributed by atoms with Crippen molar-refractivity contribution >= 4 is 40.8 Å². The summed E-state index contributed by atoms with van der Waals surface area (Å²) >= 11 is 10.8. The summed E-state index contributed by atoms with van der Waals surface area (Å²) in [5.74, 6) is 0. The van der Waals surface area contributed by atoms with Gasteiger partial charge in [-0.3, -0.25) is 4.90 Å². The third kappa shape index (κ3) is 3.84. The lowest BCUT2D eigenvalue weighted by Crippen LogP contribution is -2.53. The minimum Gasteiger partial charge on any atom is -0.465 e. The fraction of sp³-hybridized carbons (Fsp3) is 0.467. The van der Waals surface area contributed by atoms with Crippen molar-refractivity contribution in [2.24, 2.45) is 4.99 Å². The van der Waals surface area contributed by atoms with Crippen molar-refractivity contribution in [3.05, 3.63) is 28.3 Å². The predicted octanol–water partition coefficient (Wildman–Crippen LogP) is 3.57. The minimum atomic E-state index is -0.858. The molecule has 1 fully saturated rings. The van der Waals surface area contributed by atoms with Crippen molar-refractivity contribution in [2.45, 2.75) is 26.4 Å². The van der Waals surface area contributed by atoms with Crippen molar-refractivity contribution < 1.29 is 9.90 Å². The Labute approximate surface area is 140 Å². The second-order valence-corrected chi connectivity index (χ2v) is 6.09. The standard InChI is InChI=1S/C15H18ClN3O2S/c1-10-7-18(3-4-19(10)15(20)21)8-12-5-13(16)6-14(11(12)2)17-9-22/h5-6,10H,3-4,7-8H2,1-2H3,(H,20,21)/t10-/m0/s1. The Hall–Kier alpha value is -1.46. The van der Waals surface area contributed by atoms with Crippen LogP contribution in [0.1, 0.15) is 18.1 Å². The normalized spacial score (nSPS) is 18.9. The molecule has 5 nitrogen and oxygen atoms in total. The second kappa shape index (κ2) is 7.20. The van der Waals surface area contributed by atoms with Crippen LogP contribution in [0, 0.1) is 6.92 Å². The van der Waals surface area contributed by atoms with Gasteiger partial charge in [0.15, 0.2) is 0 Å². The van der Waals surface area contributed by atoms with Crippen LogP contribution < -0.4 is 0 Å². The lowest BCUT2D eigenvalue weighted by atomic mass is 10.1. The average molecular weight is 340 g/mol. The third-order valence-electron chi connectivity index (χ3n) is 3.97. The fourth-order valence-corrected chi connectivity index (χ4v) is 3.08. The first-order valence-corrected chi connectivity index (χ1v) is 7.79. The number of halogens is 1. The Kier molecular flexibility index (Phi) is 5.53. The molecule has 1 amide bonds. The minimum absolute atomic E-state index is 0.0239. The zero-order valence-electron chi connectivity index (χ0n) is 12.5. The number of hydrogen-bond acceptors (Lipinski definition) is 4. The third-order valence-corrected chi connectivity index (χ3v) is 4.28. The van der Waals surface area contributed by atoms with E-state index in [1.165, 1.54) is 4.90 Å². The Bertz CT molecular complexity index is 631. The molecular weight excluding hydrogens is 322 g/mol. The highest BCUT2D eigenvalue weighted by Crippen LogP contribution is 2.28. The second-order valence-electron chi connectivity index (χ2n) is 5.47. The summed E-state index contributed by atoms with van der Waals surface area (Å²) in [7, 11) is 0. The van der Waals surface area contributed by atoms with Gasteiger partial charge in [0.05, 0.1) is 10.8 Å². The van der Waals surface area contributed by atoms with Gasteiger partial charge in [-0.1, -0.05) is 11.6 Å². The molecule has 7 heteroatoms. The summed E-state index contributed by atoms with van der Waals surface area (Å²) in [6.45, 7) is 6.53. The van der Waals surface area contributed by atoms with Gasteiger partial charge in [0.2, 0.25) is 0 Å². The molecule has 1 heterocycles. The molecule has 118 valence electrons. The van der Waals surface area contributed by atoms with Gasteiger partial charge in [0, 0.05) is 37.2 Å². The maximum Gasteiger partial charge on any atom is 0.407 e. The van der Waals surface area contributed by atoms with Crippen molar-refractivity contribution in [1.29, 1.82) is 0 Å². The van der Waals surface area contributed by atoms with Gasteiger partial charge < -0.3 is 10.0 Å². The van der Waals surface area contributed by atoms with Crippen molar-refractivity contribution in [1.82, 2.24) is 9.80 Å². The summed E-state index contributed by atoms with van der Waals surface area (Å²) in [6.07, 6.45) is -0.858. The molecule has 0 spiro atoms. The van der Waals surface area contributed by atoms with Crippen LogP contribution in [0.15, 0.2) is 17.1 Å². The van der Waals surface area contributed by atoms with E-state index in [4.69, 9.17) is 16.7 Å². The maximum absolute atomic E-state index is 11.1. The van der Waals surface area contributed by atoms with Gasteiger partial charge in [-0.25, -0.2) is 4.79 Å². The molecule has 1 atom stereocenters. The number of nitrogens with zero attached hydrogens (tertiary/aromatic N) is 3. The van der Waals surface area contributed by atoms with Gasteiger partial charge in [-0.15, -0.1) is 0 Å². The van der Waals surface area contributed by atoms with Crippen LogP contribution in [-0.4, -0.2) is 51.8 Å².